The minimum absolute atomic E-state index is 0.202. The van der Waals surface area contributed by atoms with Gasteiger partial charge in [0.1, 0.15) is 5.82 Å². The van der Waals surface area contributed by atoms with Crippen molar-refractivity contribution in [1.29, 1.82) is 0 Å². The molecular formula is C20H19F2N3O2. The summed E-state index contributed by atoms with van der Waals surface area (Å²) in [5, 5.41) is 3.28. The summed E-state index contributed by atoms with van der Waals surface area (Å²) < 4.78 is 26.3. The van der Waals surface area contributed by atoms with Crippen molar-refractivity contribution in [2.24, 2.45) is 0 Å². The molecule has 1 unspecified atom stereocenters. The van der Waals surface area contributed by atoms with E-state index in [9.17, 15) is 18.4 Å². The van der Waals surface area contributed by atoms with E-state index in [1.54, 1.807) is 25.1 Å². The summed E-state index contributed by atoms with van der Waals surface area (Å²) >= 11 is 0. The molecule has 0 spiro atoms. The molecular weight excluding hydrogens is 352 g/mol. The molecule has 0 aliphatic rings. The van der Waals surface area contributed by atoms with Crippen LogP contribution in [0.15, 0.2) is 47.3 Å². The molecule has 0 saturated carbocycles. The number of nitrogens with zero attached hydrogens (tertiary/aromatic N) is 1. The molecule has 0 bridgehead atoms. The fourth-order valence-corrected chi connectivity index (χ4v) is 2.85. The number of hydrogen-bond donors (Lipinski definition) is 2. The van der Waals surface area contributed by atoms with E-state index in [-0.39, 0.29) is 17.9 Å². The summed E-state index contributed by atoms with van der Waals surface area (Å²) in [6.07, 6.45) is 1.18. The normalized spacial score (nSPS) is 12.1. The van der Waals surface area contributed by atoms with Crippen LogP contribution in [0, 0.1) is 11.6 Å². The molecule has 1 atom stereocenters. The van der Waals surface area contributed by atoms with E-state index in [1.165, 1.54) is 6.07 Å². The summed E-state index contributed by atoms with van der Waals surface area (Å²) in [5.41, 5.74) is 0.905. The second-order valence-corrected chi connectivity index (χ2v) is 6.35. The summed E-state index contributed by atoms with van der Waals surface area (Å²) in [4.78, 5) is 31.2. The van der Waals surface area contributed by atoms with Crippen LogP contribution < -0.4 is 10.9 Å². The number of halogens is 2. The Labute approximate surface area is 154 Å². The third-order valence-corrected chi connectivity index (χ3v) is 4.30. The van der Waals surface area contributed by atoms with Gasteiger partial charge in [-0.05, 0) is 43.2 Å². The van der Waals surface area contributed by atoms with Crippen molar-refractivity contribution in [3.8, 4) is 0 Å². The largest absolute Gasteiger partial charge is 0.350 e. The lowest BCUT2D eigenvalue weighted by Gasteiger charge is -2.14. The SMILES string of the molecule is CC(NC(=O)CCCc1nc2ccccc2c(=O)[nH]1)c1ccc(F)c(F)c1. The molecule has 27 heavy (non-hydrogen) atoms. The first-order valence-electron chi connectivity index (χ1n) is 8.66. The summed E-state index contributed by atoms with van der Waals surface area (Å²) in [6.45, 7) is 1.70. The number of carbonyl (C=O) groups is 1. The first-order chi connectivity index (χ1) is 12.9. The Bertz CT molecular complexity index is 1030. The zero-order valence-corrected chi connectivity index (χ0v) is 14.8. The predicted molar refractivity (Wildman–Crippen MR) is 98.2 cm³/mol. The molecule has 0 fully saturated rings. The highest BCUT2D eigenvalue weighted by Gasteiger charge is 2.12. The summed E-state index contributed by atoms with van der Waals surface area (Å²) in [6, 6.07) is 10.2. The molecule has 3 rings (SSSR count). The van der Waals surface area contributed by atoms with E-state index in [1.807, 2.05) is 6.07 Å². The van der Waals surface area contributed by atoms with Crippen molar-refractivity contribution in [1.82, 2.24) is 15.3 Å². The second kappa shape index (κ2) is 8.07. The summed E-state index contributed by atoms with van der Waals surface area (Å²) in [5.74, 6) is -1.55. The average Bonchev–Trinajstić information content (AvgIpc) is 2.64. The number of rotatable bonds is 6. The van der Waals surface area contributed by atoms with E-state index in [4.69, 9.17) is 0 Å². The third-order valence-electron chi connectivity index (χ3n) is 4.30. The van der Waals surface area contributed by atoms with Gasteiger partial charge in [0.25, 0.3) is 5.56 Å². The summed E-state index contributed by atoms with van der Waals surface area (Å²) in [7, 11) is 0. The highest BCUT2D eigenvalue weighted by molar-refractivity contribution is 5.77. The van der Waals surface area contributed by atoms with E-state index < -0.39 is 17.7 Å². The number of carbonyl (C=O) groups excluding carboxylic acids is 1. The van der Waals surface area contributed by atoms with Crippen molar-refractivity contribution in [2.45, 2.75) is 32.2 Å². The van der Waals surface area contributed by atoms with Gasteiger partial charge in [-0.3, -0.25) is 9.59 Å². The van der Waals surface area contributed by atoms with E-state index in [0.29, 0.717) is 35.1 Å². The van der Waals surface area contributed by atoms with Crippen LogP contribution in [0.25, 0.3) is 10.9 Å². The number of nitrogens with one attached hydrogen (secondary N) is 2. The number of hydrogen-bond acceptors (Lipinski definition) is 3. The highest BCUT2D eigenvalue weighted by atomic mass is 19.2. The van der Waals surface area contributed by atoms with Gasteiger partial charge >= 0.3 is 0 Å². The Balaban J connectivity index is 1.55. The Hall–Kier alpha value is -3.09. The second-order valence-electron chi connectivity index (χ2n) is 6.35. The van der Waals surface area contributed by atoms with Crippen LogP contribution in [0.1, 0.15) is 37.2 Å². The quantitative estimate of drug-likeness (QED) is 0.697. The van der Waals surface area contributed by atoms with E-state index >= 15 is 0 Å². The van der Waals surface area contributed by atoms with Crippen LogP contribution in [0.2, 0.25) is 0 Å². The number of fused-ring (bicyclic) bond motifs is 1. The van der Waals surface area contributed by atoms with Gasteiger partial charge in [-0.25, -0.2) is 13.8 Å². The number of aromatic nitrogens is 2. The number of para-hydroxylation sites is 1. The van der Waals surface area contributed by atoms with E-state index in [0.717, 1.165) is 12.1 Å². The maximum Gasteiger partial charge on any atom is 0.258 e. The molecule has 1 amide bonds. The smallest absolute Gasteiger partial charge is 0.258 e. The van der Waals surface area contributed by atoms with Gasteiger partial charge in [-0.2, -0.15) is 0 Å². The zero-order valence-electron chi connectivity index (χ0n) is 14.8. The number of aryl methyl sites for hydroxylation is 1. The highest BCUT2D eigenvalue weighted by Crippen LogP contribution is 2.16. The van der Waals surface area contributed by atoms with Crippen LogP contribution >= 0.6 is 0 Å². The lowest BCUT2D eigenvalue weighted by Crippen LogP contribution is -2.26. The van der Waals surface area contributed by atoms with Gasteiger partial charge in [0, 0.05) is 12.8 Å². The predicted octanol–water partition coefficient (Wildman–Crippen LogP) is 3.40. The first-order valence-corrected chi connectivity index (χ1v) is 8.66. The van der Waals surface area contributed by atoms with Crippen molar-refractivity contribution in [3.63, 3.8) is 0 Å². The molecule has 2 N–H and O–H groups in total. The van der Waals surface area contributed by atoms with Gasteiger partial charge in [-0.15, -0.1) is 0 Å². The molecule has 140 valence electrons. The lowest BCUT2D eigenvalue weighted by atomic mass is 10.1. The standard InChI is InChI=1S/C20H19F2N3O2/c1-12(13-9-10-15(21)16(22)11-13)23-19(26)8-4-7-18-24-17-6-3-2-5-14(17)20(27)25-18/h2-3,5-6,9-12H,4,7-8H2,1H3,(H,23,26)(H,24,25,27). The molecule has 0 radical (unpaired) electrons. The van der Waals surface area contributed by atoms with Crippen LogP contribution in [0.5, 0.6) is 0 Å². The number of H-pyrrole nitrogens is 1. The Morgan fingerprint density at radius 1 is 1.19 bits per heavy atom. The maximum atomic E-state index is 13.3. The Kier molecular flexibility index (Phi) is 5.59. The van der Waals surface area contributed by atoms with Gasteiger partial charge in [0.15, 0.2) is 11.6 Å². The zero-order chi connectivity index (χ0) is 19.4. The molecule has 0 saturated heterocycles. The fraction of sp³-hybridized carbons (Fsp3) is 0.250. The van der Waals surface area contributed by atoms with Crippen LogP contribution in [-0.2, 0) is 11.2 Å². The molecule has 1 aromatic heterocycles. The number of benzene rings is 2. The molecule has 0 aliphatic heterocycles. The number of amides is 1. The third kappa shape index (κ3) is 4.55. The Morgan fingerprint density at radius 3 is 2.74 bits per heavy atom. The van der Waals surface area contributed by atoms with Gasteiger partial charge in [-0.1, -0.05) is 18.2 Å². The molecule has 0 aliphatic carbocycles. The van der Waals surface area contributed by atoms with Crippen LogP contribution in [0.3, 0.4) is 0 Å². The van der Waals surface area contributed by atoms with Crippen molar-refractivity contribution in [2.75, 3.05) is 0 Å². The topological polar surface area (TPSA) is 74.8 Å². The Morgan fingerprint density at radius 2 is 1.96 bits per heavy atom. The minimum atomic E-state index is -0.945. The van der Waals surface area contributed by atoms with Crippen LogP contribution in [-0.4, -0.2) is 15.9 Å². The molecule has 2 aromatic carbocycles. The molecule has 3 aromatic rings. The van der Waals surface area contributed by atoms with E-state index in [2.05, 4.69) is 15.3 Å². The maximum absolute atomic E-state index is 13.3. The molecule has 7 heteroatoms. The lowest BCUT2D eigenvalue weighted by molar-refractivity contribution is -0.121. The monoisotopic (exact) mass is 371 g/mol. The van der Waals surface area contributed by atoms with Crippen molar-refractivity contribution >= 4 is 16.8 Å². The van der Waals surface area contributed by atoms with Crippen molar-refractivity contribution < 1.29 is 13.6 Å². The minimum Gasteiger partial charge on any atom is -0.350 e. The fourth-order valence-electron chi connectivity index (χ4n) is 2.85. The van der Waals surface area contributed by atoms with Gasteiger partial charge < -0.3 is 10.3 Å². The van der Waals surface area contributed by atoms with Gasteiger partial charge in [0.05, 0.1) is 16.9 Å². The van der Waals surface area contributed by atoms with Gasteiger partial charge in [0.2, 0.25) is 5.91 Å². The van der Waals surface area contributed by atoms with Crippen molar-refractivity contribution in [3.05, 3.63) is 75.8 Å². The average molecular weight is 371 g/mol. The number of aromatic amines is 1. The molecule has 5 nitrogen and oxygen atoms in total. The molecule has 1 heterocycles. The van der Waals surface area contributed by atoms with Crippen LogP contribution in [0.4, 0.5) is 8.78 Å². The first kappa shape index (κ1) is 18.7.